The highest BCUT2D eigenvalue weighted by atomic mass is 32.1. The van der Waals surface area contributed by atoms with Crippen molar-refractivity contribution in [1.29, 1.82) is 0 Å². The molecule has 2 heterocycles. The van der Waals surface area contributed by atoms with Gasteiger partial charge in [0.05, 0.1) is 19.1 Å². The Balaban J connectivity index is 1.80. The molecule has 1 aliphatic heterocycles. The Morgan fingerprint density at radius 3 is 3.17 bits per heavy atom. The lowest BCUT2D eigenvalue weighted by atomic mass is 9.95. The third kappa shape index (κ3) is 3.64. The number of aryl methyl sites for hydroxylation is 1. The van der Waals surface area contributed by atoms with Gasteiger partial charge in [-0.3, -0.25) is 4.79 Å². The molecule has 1 fully saturated rings. The van der Waals surface area contributed by atoms with Crippen molar-refractivity contribution in [3.8, 4) is 0 Å². The molecular weight excluding hydrogens is 246 g/mol. The lowest BCUT2D eigenvalue weighted by Crippen LogP contribution is -2.39. The van der Waals surface area contributed by atoms with Gasteiger partial charge in [0.25, 0.3) is 0 Å². The predicted molar refractivity (Wildman–Crippen MR) is 74.0 cm³/mol. The van der Waals surface area contributed by atoms with Crippen LogP contribution in [0.2, 0.25) is 0 Å². The number of carbonyl (C=O) groups excluding carboxylic acids is 1. The summed E-state index contributed by atoms with van der Waals surface area (Å²) in [5.41, 5.74) is 0. The Hall–Kier alpha value is -0.710. The van der Waals surface area contributed by atoms with Crippen molar-refractivity contribution in [3.05, 3.63) is 22.4 Å². The number of ketones is 1. The van der Waals surface area contributed by atoms with E-state index < -0.39 is 0 Å². The summed E-state index contributed by atoms with van der Waals surface area (Å²) < 4.78 is 5.44. The van der Waals surface area contributed by atoms with Gasteiger partial charge in [-0.2, -0.15) is 0 Å². The van der Waals surface area contributed by atoms with Crippen molar-refractivity contribution in [2.75, 3.05) is 19.8 Å². The average Bonchev–Trinajstić information content (AvgIpc) is 3.04. The molecule has 0 saturated carbocycles. The van der Waals surface area contributed by atoms with Gasteiger partial charge in [-0.05, 0) is 30.8 Å². The lowest BCUT2D eigenvalue weighted by Gasteiger charge is -2.17. The summed E-state index contributed by atoms with van der Waals surface area (Å²) in [5, 5.41) is 5.47. The standard InChI is InChI=1S/C14H21NO2S/c1-2-7-15-13-10-17-9-12(13)14(16)6-5-11-4-3-8-18-11/h3-4,8,12-13,15H,2,5-7,9-10H2,1H3. The summed E-state index contributed by atoms with van der Waals surface area (Å²) >= 11 is 1.72. The monoisotopic (exact) mass is 267 g/mol. The van der Waals surface area contributed by atoms with Crippen LogP contribution in [0.1, 0.15) is 24.6 Å². The van der Waals surface area contributed by atoms with Gasteiger partial charge in [0.15, 0.2) is 0 Å². The van der Waals surface area contributed by atoms with Gasteiger partial charge in [0, 0.05) is 17.3 Å². The van der Waals surface area contributed by atoms with Crippen LogP contribution in [0.4, 0.5) is 0 Å². The molecule has 0 radical (unpaired) electrons. The number of hydrogen-bond acceptors (Lipinski definition) is 4. The quantitative estimate of drug-likeness (QED) is 0.823. The van der Waals surface area contributed by atoms with E-state index in [1.807, 2.05) is 6.07 Å². The van der Waals surface area contributed by atoms with Gasteiger partial charge in [-0.25, -0.2) is 0 Å². The molecule has 18 heavy (non-hydrogen) atoms. The van der Waals surface area contributed by atoms with Gasteiger partial charge < -0.3 is 10.1 Å². The second kappa shape index (κ2) is 7.02. The largest absolute Gasteiger partial charge is 0.379 e. The molecule has 1 aromatic rings. The molecule has 1 aromatic heterocycles. The second-order valence-corrected chi connectivity index (χ2v) is 5.78. The smallest absolute Gasteiger partial charge is 0.140 e. The van der Waals surface area contributed by atoms with Gasteiger partial charge in [-0.1, -0.05) is 13.0 Å². The Bertz CT molecular complexity index is 364. The van der Waals surface area contributed by atoms with Crippen LogP contribution >= 0.6 is 11.3 Å². The number of nitrogens with one attached hydrogen (secondary N) is 1. The maximum absolute atomic E-state index is 12.2. The third-order valence-corrected chi connectivity index (χ3v) is 4.28. The van der Waals surface area contributed by atoms with Crippen molar-refractivity contribution in [1.82, 2.24) is 5.32 Å². The highest BCUT2D eigenvalue weighted by Crippen LogP contribution is 2.19. The van der Waals surface area contributed by atoms with Crippen LogP contribution in [0.3, 0.4) is 0 Å². The fourth-order valence-electron chi connectivity index (χ4n) is 2.29. The van der Waals surface area contributed by atoms with Crippen LogP contribution in [0.15, 0.2) is 17.5 Å². The fourth-order valence-corrected chi connectivity index (χ4v) is 3.00. The minimum absolute atomic E-state index is 0.0523. The van der Waals surface area contributed by atoms with E-state index in [1.165, 1.54) is 4.88 Å². The van der Waals surface area contributed by atoms with Gasteiger partial charge in [0.1, 0.15) is 5.78 Å². The summed E-state index contributed by atoms with van der Waals surface area (Å²) in [4.78, 5) is 13.5. The Kier molecular flexibility index (Phi) is 5.35. The number of hydrogen-bond donors (Lipinski definition) is 1. The molecular formula is C14H21NO2S. The summed E-state index contributed by atoms with van der Waals surface area (Å²) in [5.74, 6) is 0.394. The molecule has 0 aliphatic carbocycles. The zero-order chi connectivity index (χ0) is 12.8. The summed E-state index contributed by atoms with van der Waals surface area (Å²) in [6.45, 7) is 4.36. The number of ether oxygens (including phenoxy) is 1. The van der Waals surface area contributed by atoms with Crippen LogP contribution in [-0.2, 0) is 16.0 Å². The maximum Gasteiger partial charge on any atom is 0.140 e. The van der Waals surface area contributed by atoms with Crippen LogP contribution in [0.25, 0.3) is 0 Å². The Morgan fingerprint density at radius 1 is 1.56 bits per heavy atom. The zero-order valence-corrected chi connectivity index (χ0v) is 11.7. The molecule has 0 amide bonds. The first-order valence-electron chi connectivity index (χ1n) is 6.67. The van der Waals surface area contributed by atoms with Crippen molar-refractivity contribution in [2.24, 2.45) is 5.92 Å². The molecule has 1 N–H and O–H groups in total. The summed E-state index contributed by atoms with van der Waals surface area (Å²) in [6, 6.07) is 4.35. The van der Waals surface area contributed by atoms with Crippen LogP contribution in [-0.4, -0.2) is 31.6 Å². The predicted octanol–water partition coefficient (Wildman–Crippen LogP) is 2.26. The SMILES string of the molecule is CCCNC1COCC1C(=O)CCc1cccs1. The number of Topliss-reactive ketones (excluding diaryl/α,β-unsaturated/α-hetero) is 1. The first-order chi connectivity index (χ1) is 8.81. The van der Waals surface area contributed by atoms with Crippen LogP contribution < -0.4 is 5.32 Å². The summed E-state index contributed by atoms with van der Waals surface area (Å²) in [7, 11) is 0. The molecule has 0 bridgehead atoms. The molecule has 4 heteroatoms. The molecule has 2 unspecified atom stereocenters. The number of rotatable bonds is 7. The van der Waals surface area contributed by atoms with E-state index in [0.29, 0.717) is 25.4 Å². The topological polar surface area (TPSA) is 38.3 Å². The van der Waals surface area contributed by atoms with E-state index in [0.717, 1.165) is 19.4 Å². The molecule has 2 atom stereocenters. The molecule has 3 nitrogen and oxygen atoms in total. The fraction of sp³-hybridized carbons (Fsp3) is 0.643. The van der Waals surface area contributed by atoms with E-state index in [4.69, 9.17) is 4.74 Å². The van der Waals surface area contributed by atoms with Crippen molar-refractivity contribution >= 4 is 17.1 Å². The Labute approximate surface area is 113 Å². The van der Waals surface area contributed by atoms with Crippen LogP contribution in [0, 0.1) is 5.92 Å². The molecule has 2 rings (SSSR count). The first kappa shape index (κ1) is 13.7. The first-order valence-corrected chi connectivity index (χ1v) is 7.55. The zero-order valence-electron chi connectivity index (χ0n) is 10.9. The number of carbonyl (C=O) groups is 1. The van der Waals surface area contributed by atoms with Gasteiger partial charge in [-0.15, -0.1) is 11.3 Å². The van der Waals surface area contributed by atoms with Crippen molar-refractivity contribution in [2.45, 2.75) is 32.2 Å². The second-order valence-electron chi connectivity index (χ2n) is 4.75. The van der Waals surface area contributed by atoms with Crippen molar-refractivity contribution in [3.63, 3.8) is 0 Å². The lowest BCUT2D eigenvalue weighted by molar-refractivity contribution is -0.123. The van der Waals surface area contributed by atoms with E-state index in [-0.39, 0.29) is 12.0 Å². The van der Waals surface area contributed by atoms with E-state index in [9.17, 15) is 4.79 Å². The van der Waals surface area contributed by atoms with Crippen molar-refractivity contribution < 1.29 is 9.53 Å². The molecule has 1 aliphatic rings. The normalized spacial score (nSPS) is 23.4. The van der Waals surface area contributed by atoms with Gasteiger partial charge >= 0.3 is 0 Å². The molecule has 1 saturated heterocycles. The maximum atomic E-state index is 12.2. The average molecular weight is 267 g/mol. The highest BCUT2D eigenvalue weighted by Gasteiger charge is 2.32. The molecule has 0 aromatic carbocycles. The van der Waals surface area contributed by atoms with E-state index in [2.05, 4.69) is 23.7 Å². The number of thiophene rings is 1. The van der Waals surface area contributed by atoms with Gasteiger partial charge in [0.2, 0.25) is 0 Å². The molecule has 100 valence electrons. The third-order valence-electron chi connectivity index (χ3n) is 3.35. The van der Waals surface area contributed by atoms with Crippen LogP contribution in [0.5, 0.6) is 0 Å². The molecule has 0 spiro atoms. The Morgan fingerprint density at radius 2 is 2.44 bits per heavy atom. The minimum Gasteiger partial charge on any atom is -0.379 e. The minimum atomic E-state index is 0.0523. The van der Waals surface area contributed by atoms with E-state index in [1.54, 1.807) is 11.3 Å². The highest BCUT2D eigenvalue weighted by molar-refractivity contribution is 7.09. The summed E-state index contributed by atoms with van der Waals surface area (Å²) in [6.07, 6.45) is 2.60. The van der Waals surface area contributed by atoms with E-state index >= 15 is 0 Å².